The first kappa shape index (κ1) is 14.0. The molecule has 0 fully saturated rings. The van der Waals surface area contributed by atoms with Crippen molar-refractivity contribution in [3.8, 4) is 0 Å². The topological polar surface area (TPSA) is 72.7 Å². The van der Waals surface area contributed by atoms with Crippen LogP contribution in [0.1, 0.15) is 32.6 Å². The molecule has 0 amide bonds. The minimum Gasteiger partial charge on any atom is -0.285 e. The SMILES string of the molecule is CCCCCC(=O)ON(c1ccccc1)[N+](=O)[O-]. The zero-order chi connectivity index (χ0) is 13.4. The molecule has 0 unspecified atom stereocenters. The molecule has 0 spiro atoms. The lowest BCUT2D eigenvalue weighted by Gasteiger charge is -2.12. The van der Waals surface area contributed by atoms with Gasteiger partial charge in [0, 0.05) is 6.42 Å². The first-order chi connectivity index (χ1) is 8.65. The van der Waals surface area contributed by atoms with Gasteiger partial charge in [-0.3, -0.25) is 4.84 Å². The average molecular weight is 252 g/mol. The van der Waals surface area contributed by atoms with E-state index in [0.717, 1.165) is 12.8 Å². The van der Waals surface area contributed by atoms with Crippen molar-refractivity contribution in [2.24, 2.45) is 0 Å². The molecule has 0 aliphatic heterocycles. The maximum Gasteiger partial charge on any atom is 0.339 e. The van der Waals surface area contributed by atoms with E-state index in [1.807, 2.05) is 6.92 Å². The number of carbonyl (C=O) groups is 1. The highest BCUT2D eigenvalue weighted by atomic mass is 16.8. The summed E-state index contributed by atoms with van der Waals surface area (Å²) in [7, 11) is 0. The molecular formula is C12H16N2O4. The number of nitrogens with zero attached hydrogens (tertiary/aromatic N) is 2. The van der Waals surface area contributed by atoms with Gasteiger partial charge in [-0.15, -0.1) is 0 Å². The van der Waals surface area contributed by atoms with Crippen molar-refractivity contribution in [2.75, 3.05) is 5.17 Å². The molecule has 6 nitrogen and oxygen atoms in total. The van der Waals surface area contributed by atoms with E-state index in [9.17, 15) is 14.9 Å². The number of hydrogen-bond acceptors (Lipinski definition) is 4. The summed E-state index contributed by atoms with van der Waals surface area (Å²) in [5.74, 6) is -0.594. The van der Waals surface area contributed by atoms with Crippen molar-refractivity contribution in [3.05, 3.63) is 40.4 Å². The molecule has 0 saturated carbocycles. The molecule has 0 bridgehead atoms. The minimum absolute atomic E-state index is 0.186. The Hall–Kier alpha value is -2.11. The van der Waals surface area contributed by atoms with E-state index >= 15 is 0 Å². The van der Waals surface area contributed by atoms with Gasteiger partial charge in [0.2, 0.25) is 5.03 Å². The molecule has 0 aliphatic rings. The predicted octanol–water partition coefficient (Wildman–Crippen LogP) is 2.72. The van der Waals surface area contributed by atoms with Crippen LogP contribution in [0.2, 0.25) is 0 Å². The maximum atomic E-state index is 11.4. The van der Waals surface area contributed by atoms with Crippen molar-refractivity contribution in [1.82, 2.24) is 0 Å². The Balaban J connectivity index is 2.59. The number of unbranched alkanes of at least 4 members (excludes halogenated alkanes) is 2. The molecule has 0 aromatic heterocycles. The van der Waals surface area contributed by atoms with Gasteiger partial charge < -0.3 is 0 Å². The number of hydrogen-bond donors (Lipinski definition) is 0. The van der Waals surface area contributed by atoms with Gasteiger partial charge in [-0.1, -0.05) is 38.0 Å². The van der Waals surface area contributed by atoms with Crippen LogP contribution in [0, 0.1) is 10.1 Å². The highest BCUT2D eigenvalue weighted by Crippen LogP contribution is 2.14. The van der Waals surface area contributed by atoms with E-state index in [-0.39, 0.29) is 12.1 Å². The lowest BCUT2D eigenvalue weighted by Crippen LogP contribution is -2.32. The zero-order valence-electron chi connectivity index (χ0n) is 10.2. The molecule has 0 N–H and O–H groups in total. The Labute approximate surface area is 105 Å². The lowest BCUT2D eigenvalue weighted by molar-refractivity contribution is -0.539. The van der Waals surface area contributed by atoms with Crippen LogP contribution in [-0.4, -0.2) is 11.0 Å². The van der Waals surface area contributed by atoms with Crippen LogP contribution in [-0.2, 0) is 9.63 Å². The first-order valence-corrected chi connectivity index (χ1v) is 5.85. The van der Waals surface area contributed by atoms with Gasteiger partial charge in [0.1, 0.15) is 5.69 Å². The minimum atomic E-state index is -0.757. The maximum absolute atomic E-state index is 11.4. The van der Waals surface area contributed by atoms with Gasteiger partial charge >= 0.3 is 5.97 Å². The summed E-state index contributed by atoms with van der Waals surface area (Å²) >= 11 is 0. The van der Waals surface area contributed by atoms with Crippen molar-refractivity contribution in [1.29, 1.82) is 0 Å². The quantitative estimate of drug-likeness (QED) is 0.424. The number of benzene rings is 1. The molecule has 18 heavy (non-hydrogen) atoms. The Morgan fingerprint density at radius 3 is 2.56 bits per heavy atom. The molecule has 0 aliphatic carbocycles. The summed E-state index contributed by atoms with van der Waals surface area (Å²) in [6, 6.07) is 8.00. The molecule has 6 heteroatoms. The molecule has 1 aromatic rings. The smallest absolute Gasteiger partial charge is 0.285 e. The Morgan fingerprint density at radius 2 is 2.00 bits per heavy atom. The number of rotatable bonds is 7. The van der Waals surface area contributed by atoms with Gasteiger partial charge in [0.25, 0.3) is 0 Å². The third-order valence-electron chi connectivity index (χ3n) is 2.30. The van der Waals surface area contributed by atoms with E-state index in [0.29, 0.717) is 11.6 Å². The van der Waals surface area contributed by atoms with Crippen LogP contribution in [0.3, 0.4) is 0 Å². The number of carbonyl (C=O) groups excluding carboxylic acids is 1. The Morgan fingerprint density at radius 1 is 1.33 bits per heavy atom. The molecular weight excluding hydrogens is 236 g/mol. The molecule has 98 valence electrons. The van der Waals surface area contributed by atoms with E-state index in [2.05, 4.69) is 0 Å². The summed E-state index contributed by atoms with van der Waals surface area (Å²) in [4.78, 5) is 27.0. The number of hydrazine groups is 1. The number of anilines is 1. The predicted molar refractivity (Wildman–Crippen MR) is 66.1 cm³/mol. The van der Waals surface area contributed by atoms with Gasteiger partial charge in [0.05, 0.1) is 5.17 Å². The van der Waals surface area contributed by atoms with E-state index in [1.165, 1.54) is 12.1 Å². The average Bonchev–Trinajstić information content (AvgIpc) is 2.37. The molecule has 0 heterocycles. The first-order valence-electron chi connectivity index (χ1n) is 5.85. The highest BCUT2D eigenvalue weighted by Gasteiger charge is 2.22. The molecule has 0 atom stereocenters. The van der Waals surface area contributed by atoms with Gasteiger partial charge in [-0.2, -0.15) is 0 Å². The fourth-order valence-electron chi connectivity index (χ4n) is 1.40. The summed E-state index contributed by atoms with van der Waals surface area (Å²) in [6.07, 6.45) is 2.74. The second-order valence-electron chi connectivity index (χ2n) is 3.77. The third-order valence-corrected chi connectivity index (χ3v) is 2.30. The van der Waals surface area contributed by atoms with Crippen LogP contribution < -0.4 is 5.17 Å². The number of nitro groups is 1. The second kappa shape index (κ2) is 7.26. The zero-order valence-corrected chi connectivity index (χ0v) is 10.2. The molecule has 0 saturated heterocycles. The van der Waals surface area contributed by atoms with Crippen molar-refractivity contribution < 1.29 is 14.7 Å². The molecule has 1 aromatic carbocycles. The van der Waals surface area contributed by atoms with Crippen LogP contribution >= 0.6 is 0 Å². The van der Waals surface area contributed by atoms with Crippen LogP contribution in [0.5, 0.6) is 0 Å². The van der Waals surface area contributed by atoms with E-state index in [1.54, 1.807) is 18.2 Å². The van der Waals surface area contributed by atoms with Crippen molar-refractivity contribution in [3.63, 3.8) is 0 Å². The van der Waals surface area contributed by atoms with Gasteiger partial charge in [-0.05, 0) is 18.6 Å². The lowest BCUT2D eigenvalue weighted by atomic mass is 10.2. The fraction of sp³-hybridized carbons (Fsp3) is 0.417. The van der Waals surface area contributed by atoms with Gasteiger partial charge in [-0.25, -0.2) is 14.9 Å². The number of para-hydroxylation sites is 1. The van der Waals surface area contributed by atoms with Crippen molar-refractivity contribution in [2.45, 2.75) is 32.6 Å². The Kier molecular flexibility index (Phi) is 5.63. The van der Waals surface area contributed by atoms with Gasteiger partial charge in [0.15, 0.2) is 0 Å². The van der Waals surface area contributed by atoms with Crippen LogP contribution in [0.15, 0.2) is 30.3 Å². The molecule has 1 rings (SSSR count). The second-order valence-corrected chi connectivity index (χ2v) is 3.77. The standard InChI is InChI=1S/C12H16N2O4/c1-2-3-5-10-12(15)18-13(14(16)17)11-8-6-4-7-9-11/h4,6-9H,2-3,5,10H2,1H3. The van der Waals surface area contributed by atoms with E-state index in [4.69, 9.17) is 4.84 Å². The molecule has 0 radical (unpaired) electrons. The largest absolute Gasteiger partial charge is 0.339 e. The van der Waals surface area contributed by atoms with E-state index < -0.39 is 11.0 Å². The third kappa shape index (κ3) is 4.40. The highest BCUT2D eigenvalue weighted by molar-refractivity contribution is 5.70. The van der Waals surface area contributed by atoms with Crippen molar-refractivity contribution >= 4 is 11.7 Å². The normalized spacial score (nSPS) is 9.83. The fourth-order valence-corrected chi connectivity index (χ4v) is 1.40. The summed E-state index contributed by atoms with van der Waals surface area (Å²) in [5.41, 5.74) is 0.214. The van der Waals surface area contributed by atoms with Crippen LogP contribution in [0.4, 0.5) is 5.69 Å². The Bertz CT molecular complexity index is 394. The monoisotopic (exact) mass is 252 g/mol. The summed E-state index contributed by atoms with van der Waals surface area (Å²) in [6.45, 7) is 2.01. The summed E-state index contributed by atoms with van der Waals surface area (Å²) in [5, 5.41) is 10.5. The summed E-state index contributed by atoms with van der Waals surface area (Å²) < 4.78 is 0. The van der Waals surface area contributed by atoms with Crippen LogP contribution in [0.25, 0.3) is 0 Å².